The Morgan fingerprint density at radius 3 is 2.75 bits per heavy atom. The Labute approximate surface area is 100 Å². The van der Waals surface area contributed by atoms with Gasteiger partial charge in [0.2, 0.25) is 0 Å². The standard InChI is InChI=1S/C12H14ClFN2/c1-9(2)16(6-5-15)8-10-7-11(13)3-4-12(10)14/h3-4,7,9H,6,8H2,1-2H3. The van der Waals surface area contributed by atoms with Crippen LogP contribution in [0, 0.1) is 17.1 Å². The molecule has 86 valence electrons. The van der Waals surface area contributed by atoms with Crippen LogP contribution in [0.25, 0.3) is 0 Å². The van der Waals surface area contributed by atoms with Gasteiger partial charge >= 0.3 is 0 Å². The van der Waals surface area contributed by atoms with E-state index >= 15 is 0 Å². The Bertz CT molecular complexity index is 398. The molecule has 0 saturated heterocycles. The number of rotatable bonds is 4. The van der Waals surface area contributed by atoms with Gasteiger partial charge in [-0.3, -0.25) is 4.90 Å². The zero-order valence-electron chi connectivity index (χ0n) is 9.37. The number of halogens is 2. The fourth-order valence-corrected chi connectivity index (χ4v) is 1.59. The number of nitriles is 1. The van der Waals surface area contributed by atoms with Crippen LogP contribution in [-0.4, -0.2) is 17.5 Å². The second kappa shape index (κ2) is 5.83. The van der Waals surface area contributed by atoms with Gasteiger partial charge in [-0.15, -0.1) is 0 Å². The molecule has 0 N–H and O–H groups in total. The summed E-state index contributed by atoms with van der Waals surface area (Å²) >= 11 is 5.81. The highest BCUT2D eigenvalue weighted by Crippen LogP contribution is 2.17. The molecule has 0 amide bonds. The van der Waals surface area contributed by atoms with E-state index in [-0.39, 0.29) is 18.4 Å². The third kappa shape index (κ3) is 3.48. The first-order chi connectivity index (χ1) is 7.54. The first-order valence-electron chi connectivity index (χ1n) is 5.09. The average molecular weight is 241 g/mol. The van der Waals surface area contributed by atoms with Crippen molar-refractivity contribution >= 4 is 11.6 Å². The van der Waals surface area contributed by atoms with Crippen molar-refractivity contribution in [2.75, 3.05) is 6.54 Å². The molecule has 4 heteroatoms. The van der Waals surface area contributed by atoms with E-state index < -0.39 is 0 Å². The van der Waals surface area contributed by atoms with Crippen molar-refractivity contribution < 1.29 is 4.39 Å². The lowest BCUT2D eigenvalue weighted by Crippen LogP contribution is -2.31. The molecule has 16 heavy (non-hydrogen) atoms. The van der Waals surface area contributed by atoms with E-state index in [0.29, 0.717) is 17.1 Å². The first-order valence-corrected chi connectivity index (χ1v) is 5.47. The maximum atomic E-state index is 13.5. The Morgan fingerprint density at radius 2 is 2.19 bits per heavy atom. The SMILES string of the molecule is CC(C)N(CC#N)Cc1cc(Cl)ccc1F. The fraction of sp³-hybridized carbons (Fsp3) is 0.417. The predicted octanol–water partition coefficient (Wildman–Crippen LogP) is 3.21. The topological polar surface area (TPSA) is 27.0 Å². The first kappa shape index (κ1) is 13.0. The molecule has 0 aliphatic heterocycles. The Balaban J connectivity index is 2.85. The van der Waals surface area contributed by atoms with Gasteiger partial charge in [0.15, 0.2) is 0 Å². The molecule has 0 aromatic heterocycles. The maximum Gasteiger partial charge on any atom is 0.127 e. The van der Waals surface area contributed by atoms with Gasteiger partial charge in [-0.05, 0) is 32.0 Å². The van der Waals surface area contributed by atoms with E-state index in [4.69, 9.17) is 16.9 Å². The third-order valence-corrected chi connectivity index (χ3v) is 2.62. The van der Waals surface area contributed by atoms with E-state index in [1.165, 1.54) is 12.1 Å². The molecule has 0 aliphatic rings. The summed E-state index contributed by atoms with van der Waals surface area (Å²) in [6.07, 6.45) is 0. The number of nitrogens with zero attached hydrogens (tertiary/aromatic N) is 2. The molecule has 0 atom stereocenters. The minimum absolute atomic E-state index is 0.193. The van der Waals surface area contributed by atoms with Gasteiger partial charge < -0.3 is 0 Å². The highest BCUT2D eigenvalue weighted by molar-refractivity contribution is 6.30. The van der Waals surface area contributed by atoms with Gasteiger partial charge in [0.1, 0.15) is 5.82 Å². The predicted molar refractivity (Wildman–Crippen MR) is 62.6 cm³/mol. The normalized spacial score (nSPS) is 10.8. The van der Waals surface area contributed by atoms with Crippen LogP contribution in [0.1, 0.15) is 19.4 Å². The molecule has 1 rings (SSSR count). The van der Waals surface area contributed by atoms with Crippen molar-refractivity contribution in [3.05, 3.63) is 34.6 Å². The lowest BCUT2D eigenvalue weighted by molar-refractivity contribution is 0.237. The van der Waals surface area contributed by atoms with Crippen LogP contribution in [0.15, 0.2) is 18.2 Å². The maximum absolute atomic E-state index is 13.5. The number of hydrogen-bond acceptors (Lipinski definition) is 2. The lowest BCUT2D eigenvalue weighted by atomic mass is 10.2. The monoisotopic (exact) mass is 240 g/mol. The Morgan fingerprint density at radius 1 is 1.50 bits per heavy atom. The smallest absolute Gasteiger partial charge is 0.127 e. The van der Waals surface area contributed by atoms with Crippen LogP contribution in [-0.2, 0) is 6.54 Å². The van der Waals surface area contributed by atoms with Crippen LogP contribution >= 0.6 is 11.6 Å². The molecule has 1 aromatic rings. The summed E-state index contributed by atoms with van der Waals surface area (Å²) in [6, 6.07) is 6.74. The highest BCUT2D eigenvalue weighted by Gasteiger charge is 2.12. The molecule has 2 nitrogen and oxygen atoms in total. The summed E-state index contributed by atoms with van der Waals surface area (Å²) in [5.74, 6) is -0.284. The molecule has 0 radical (unpaired) electrons. The molecular formula is C12H14ClFN2. The zero-order valence-corrected chi connectivity index (χ0v) is 10.1. The van der Waals surface area contributed by atoms with Crippen molar-refractivity contribution in [2.45, 2.75) is 26.4 Å². The van der Waals surface area contributed by atoms with Crippen molar-refractivity contribution in [1.82, 2.24) is 4.90 Å². The van der Waals surface area contributed by atoms with E-state index in [1.54, 1.807) is 6.07 Å². The zero-order chi connectivity index (χ0) is 12.1. The Hall–Kier alpha value is -1.11. The third-order valence-electron chi connectivity index (χ3n) is 2.39. The molecule has 0 fully saturated rings. The molecule has 0 spiro atoms. The van der Waals surface area contributed by atoms with Crippen molar-refractivity contribution in [3.8, 4) is 6.07 Å². The van der Waals surface area contributed by atoms with E-state index in [9.17, 15) is 4.39 Å². The van der Waals surface area contributed by atoms with Crippen molar-refractivity contribution in [2.24, 2.45) is 0 Å². The van der Waals surface area contributed by atoms with Gasteiger partial charge in [0.05, 0.1) is 12.6 Å². The molecule has 1 aromatic carbocycles. The van der Waals surface area contributed by atoms with E-state index in [2.05, 4.69) is 6.07 Å². The summed E-state index contributed by atoms with van der Waals surface area (Å²) in [4.78, 5) is 1.88. The minimum atomic E-state index is -0.284. The van der Waals surface area contributed by atoms with Crippen LogP contribution < -0.4 is 0 Å². The summed E-state index contributed by atoms with van der Waals surface area (Å²) in [7, 11) is 0. The van der Waals surface area contributed by atoms with Crippen LogP contribution in [0.3, 0.4) is 0 Å². The van der Waals surface area contributed by atoms with Crippen molar-refractivity contribution in [1.29, 1.82) is 5.26 Å². The summed E-state index contributed by atoms with van der Waals surface area (Å²) in [5, 5.41) is 9.19. The van der Waals surface area contributed by atoms with Gasteiger partial charge in [-0.2, -0.15) is 5.26 Å². The van der Waals surface area contributed by atoms with E-state index in [1.807, 2.05) is 18.7 Å². The average Bonchev–Trinajstić information content (AvgIpc) is 2.22. The quantitative estimate of drug-likeness (QED) is 0.756. The molecule has 0 saturated carbocycles. The van der Waals surface area contributed by atoms with Crippen LogP contribution in [0.4, 0.5) is 4.39 Å². The number of hydrogen-bond donors (Lipinski definition) is 0. The molecular weight excluding hydrogens is 227 g/mol. The van der Waals surface area contributed by atoms with Gasteiger partial charge in [0, 0.05) is 23.2 Å². The molecule has 0 bridgehead atoms. The molecule has 0 heterocycles. The summed E-state index contributed by atoms with van der Waals surface area (Å²) in [5.41, 5.74) is 0.524. The van der Waals surface area contributed by atoms with Gasteiger partial charge in [-0.25, -0.2) is 4.39 Å². The number of benzene rings is 1. The fourth-order valence-electron chi connectivity index (χ4n) is 1.40. The summed E-state index contributed by atoms with van der Waals surface area (Å²) < 4.78 is 13.5. The molecule has 0 aliphatic carbocycles. The van der Waals surface area contributed by atoms with Crippen LogP contribution in [0.5, 0.6) is 0 Å². The summed E-state index contributed by atoms with van der Waals surface area (Å²) in [6.45, 7) is 4.63. The van der Waals surface area contributed by atoms with E-state index in [0.717, 1.165) is 0 Å². The molecule has 0 unspecified atom stereocenters. The van der Waals surface area contributed by atoms with Crippen molar-refractivity contribution in [3.63, 3.8) is 0 Å². The Kier molecular flexibility index (Phi) is 4.72. The highest BCUT2D eigenvalue weighted by atomic mass is 35.5. The largest absolute Gasteiger partial charge is 0.284 e. The van der Waals surface area contributed by atoms with Crippen LogP contribution in [0.2, 0.25) is 5.02 Å². The second-order valence-electron chi connectivity index (χ2n) is 3.89. The minimum Gasteiger partial charge on any atom is -0.284 e. The van der Waals surface area contributed by atoms with Gasteiger partial charge in [-0.1, -0.05) is 11.6 Å². The second-order valence-corrected chi connectivity index (χ2v) is 4.33. The lowest BCUT2D eigenvalue weighted by Gasteiger charge is -2.23. The van der Waals surface area contributed by atoms with Gasteiger partial charge in [0.25, 0.3) is 0 Å².